The molecule has 0 saturated carbocycles. The summed E-state index contributed by atoms with van der Waals surface area (Å²) in [7, 11) is 0. The summed E-state index contributed by atoms with van der Waals surface area (Å²) in [5.41, 5.74) is 5.10. The molecule has 0 aromatic heterocycles. The lowest BCUT2D eigenvalue weighted by Crippen LogP contribution is -2.28. The molecule has 1 amide bonds. The molecule has 0 aliphatic heterocycles. The van der Waals surface area contributed by atoms with Crippen LogP contribution in [0.5, 0.6) is 0 Å². The lowest BCUT2D eigenvalue weighted by molar-refractivity contribution is -0.138. The maximum Gasteiger partial charge on any atom is 0.416 e. The smallest absolute Gasteiger partial charge is 0.384 e. The van der Waals surface area contributed by atoms with Crippen LogP contribution in [0.1, 0.15) is 91.0 Å². The Kier molecular flexibility index (Phi) is 17.1. The van der Waals surface area contributed by atoms with Gasteiger partial charge in [-0.05, 0) is 86.8 Å². The number of amides is 1. The zero-order chi connectivity index (χ0) is 35.9. The Balaban J connectivity index is 0.00000354. The molecule has 47 heavy (non-hydrogen) atoms. The van der Waals surface area contributed by atoms with Crippen LogP contribution < -0.4 is 16.0 Å². The molecule has 7 heteroatoms. The fourth-order valence-corrected chi connectivity index (χ4v) is 4.76. The van der Waals surface area contributed by atoms with E-state index in [0.717, 1.165) is 22.9 Å². The first-order valence-electron chi connectivity index (χ1n) is 16.5. The number of aryl methyl sites for hydroxylation is 1. The van der Waals surface area contributed by atoms with E-state index in [9.17, 15) is 18.0 Å². The Morgan fingerprint density at radius 1 is 0.979 bits per heavy atom. The van der Waals surface area contributed by atoms with Gasteiger partial charge in [-0.2, -0.15) is 13.2 Å². The van der Waals surface area contributed by atoms with E-state index < -0.39 is 11.7 Å². The molecule has 2 aromatic carbocycles. The standard InChI is InChI=1S/C37H50F3N3O.C3H6/c1-11-14-33(31-15-13-16-32(27(31)10)37(38,39)40)42-28-19-18-26(9)34(21-28)43-36(44)29(12-2)35(41-22-24(5)6)30(25(7)8)20-17-23(3)4;1-3-2/h12-21,23-25,41-42H,11,22H2,1-10H3,(H,43,44);3H,1H2,2H3/b20-17-,29-12+,33-14?,35-30+;. The van der Waals surface area contributed by atoms with Gasteiger partial charge in [-0.3, -0.25) is 4.79 Å². The van der Waals surface area contributed by atoms with Crippen molar-refractivity contribution in [2.24, 2.45) is 17.8 Å². The Labute approximate surface area is 282 Å². The molecule has 0 spiro atoms. The maximum absolute atomic E-state index is 13.9. The molecule has 0 unspecified atom stereocenters. The van der Waals surface area contributed by atoms with Gasteiger partial charge in [0.15, 0.2) is 0 Å². The highest BCUT2D eigenvalue weighted by Crippen LogP contribution is 2.35. The van der Waals surface area contributed by atoms with Gasteiger partial charge >= 0.3 is 6.18 Å². The van der Waals surface area contributed by atoms with E-state index in [4.69, 9.17) is 0 Å². The van der Waals surface area contributed by atoms with Crippen LogP contribution in [-0.2, 0) is 11.0 Å². The number of carbonyl (C=O) groups excluding carboxylic acids is 1. The van der Waals surface area contributed by atoms with Crippen LogP contribution in [0.15, 0.2) is 90.2 Å². The lowest BCUT2D eigenvalue weighted by atomic mass is 9.94. The molecule has 0 aliphatic rings. The Hall–Kier alpha value is -4.00. The molecule has 0 radical (unpaired) electrons. The fourth-order valence-electron chi connectivity index (χ4n) is 4.76. The van der Waals surface area contributed by atoms with Gasteiger partial charge in [-0.15, -0.1) is 6.58 Å². The van der Waals surface area contributed by atoms with E-state index in [1.54, 1.807) is 12.1 Å². The van der Waals surface area contributed by atoms with Crippen molar-refractivity contribution in [3.63, 3.8) is 0 Å². The monoisotopic (exact) mass is 651 g/mol. The second-order valence-electron chi connectivity index (χ2n) is 12.6. The van der Waals surface area contributed by atoms with E-state index in [0.29, 0.717) is 53.0 Å². The number of rotatable bonds is 13. The molecule has 0 bridgehead atoms. The Morgan fingerprint density at radius 2 is 1.62 bits per heavy atom. The third-order valence-corrected chi connectivity index (χ3v) is 7.16. The zero-order valence-electron chi connectivity index (χ0n) is 30.2. The second kappa shape index (κ2) is 19.6. The van der Waals surface area contributed by atoms with Crippen molar-refractivity contribution in [1.29, 1.82) is 0 Å². The number of hydrogen-bond donors (Lipinski definition) is 3. The van der Waals surface area contributed by atoms with Gasteiger partial charge in [0.2, 0.25) is 0 Å². The summed E-state index contributed by atoms with van der Waals surface area (Å²) < 4.78 is 40.9. The highest BCUT2D eigenvalue weighted by atomic mass is 19.4. The van der Waals surface area contributed by atoms with Crippen molar-refractivity contribution in [3.8, 4) is 0 Å². The van der Waals surface area contributed by atoms with Gasteiger partial charge in [0.1, 0.15) is 0 Å². The van der Waals surface area contributed by atoms with Crippen LogP contribution in [0.3, 0.4) is 0 Å². The fraction of sp³-hybridized carbons (Fsp3) is 0.425. The molecule has 0 saturated heterocycles. The lowest BCUT2D eigenvalue weighted by Gasteiger charge is -2.22. The third kappa shape index (κ3) is 13.0. The Bertz CT molecular complexity index is 1460. The van der Waals surface area contributed by atoms with E-state index in [1.165, 1.54) is 13.0 Å². The minimum Gasteiger partial charge on any atom is -0.384 e. The minimum atomic E-state index is -4.44. The summed E-state index contributed by atoms with van der Waals surface area (Å²) in [5.74, 6) is 0.680. The molecule has 2 aromatic rings. The number of benzene rings is 2. The first-order chi connectivity index (χ1) is 22.0. The van der Waals surface area contributed by atoms with Crippen LogP contribution >= 0.6 is 0 Å². The van der Waals surface area contributed by atoms with Crippen molar-refractivity contribution >= 4 is 23.0 Å². The molecule has 258 valence electrons. The van der Waals surface area contributed by atoms with Crippen LogP contribution in [0.2, 0.25) is 0 Å². The number of anilines is 2. The molecule has 4 nitrogen and oxygen atoms in total. The molecule has 0 fully saturated rings. The summed E-state index contributed by atoms with van der Waals surface area (Å²) in [6.07, 6.45) is 5.89. The molecule has 0 heterocycles. The minimum absolute atomic E-state index is 0.159. The summed E-state index contributed by atoms with van der Waals surface area (Å²) in [5, 5.41) is 9.96. The van der Waals surface area contributed by atoms with Gasteiger partial charge in [0.05, 0.1) is 16.8 Å². The predicted octanol–water partition coefficient (Wildman–Crippen LogP) is 11.6. The van der Waals surface area contributed by atoms with Gasteiger partial charge in [0, 0.05) is 29.2 Å². The highest BCUT2D eigenvalue weighted by molar-refractivity contribution is 6.07. The number of allylic oxidation sites excluding steroid dienone is 6. The number of halogens is 3. The maximum atomic E-state index is 13.9. The molecular formula is C40H56F3N3O. The Morgan fingerprint density at radius 3 is 2.13 bits per heavy atom. The van der Waals surface area contributed by atoms with Crippen molar-refractivity contribution in [2.75, 3.05) is 17.2 Å². The van der Waals surface area contributed by atoms with Gasteiger partial charge in [0.25, 0.3) is 5.91 Å². The molecule has 3 N–H and O–H groups in total. The van der Waals surface area contributed by atoms with E-state index >= 15 is 0 Å². The van der Waals surface area contributed by atoms with Crippen molar-refractivity contribution in [3.05, 3.63) is 112 Å². The topological polar surface area (TPSA) is 53.2 Å². The van der Waals surface area contributed by atoms with E-state index in [1.807, 2.05) is 58.0 Å². The zero-order valence-corrected chi connectivity index (χ0v) is 30.2. The van der Waals surface area contributed by atoms with Crippen LogP contribution in [0.25, 0.3) is 5.70 Å². The van der Waals surface area contributed by atoms with Gasteiger partial charge in [-0.25, -0.2) is 0 Å². The quantitative estimate of drug-likeness (QED) is 0.115. The highest BCUT2D eigenvalue weighted by Gasteiger charge is 2.33. The number of nitrogens with one attached hydrogen (secondary N) is 3. The molecule has 2 rings (SSSR count). The average molecular weight is 652 g/mol. The molecule has 0 aliphatic carbocycles. The van der Waals surface area contributed by atoms with E-state index in [-0.39, 0.29) is 17.4 Å². The van der Waals surface area contributed by atoms with Crippen molar-refractivity contribution in [1.82, 2.24) is 5.32 Å². The third-order valence-electron chi connectivity index (χ3n) is 7.16. The summed E-state index contributed by atoms with van der Waals surface area (Å²) in [6, 6.07) is 9.77. The molecular weight excluding hydrogens is 595 g/mol. The number of carbonyl (C=O) groups is 1. The first kappa shape index (κ1) is 41.0. The average Bonchev–Trinajstić information content (AvgIpc) is 2.97. The van der Waals surface area contributed by atoms with Crippen LogP contribution in [-0.4, -0.2) is 12.5 Å². The number of hydrogen-bond acceptors (Lipinski definition) is 3. The second-order valence-corrected chi connectivity index (χ2v) is 12.6. The first-order valence-corrected chi connectivity index (χ1v) is 16.5. The van der Waals surface area contributed by atoms with Crippen LogP contribution in [0.4, 0.5) is 24.5 Å². The van der Waals surface area contributed by atoms with Gasteiger partial charge in [-0.1, -0.05) is 97.0 Å². The summed E-state index contributed by atoms with van der Waals surface area (Å²) in [6.45, 7) is 25.9. The number of alkyl halides is 3. The molecule has 0 atom stereocenters. The van der Waals surface area contributed by atoms with E-state index in [2.05, 4.69) is 76.2 Å². The van der Waals surface area contributed by atoms with Crippen molar-refractivity contribution in [2.45, 2.75) is 88.8 Å². The summed E-state index contributed by atoms with van der Waals surface area (Å²) in [4.78, 5) is 13.9. The van der Waals surface area contributed by atoms with Crippen molar-refractivity contribution < 1.29 is 18.0 Å². The SMILES string of the molecule is C=CC.C\C=C(C(=O)Nc1cc(NC(=CCC)c2cccc(C(F)(F)F)c2C)ccc1C)/C(NCC(C)C)=C(/C=C\C(C)C)C(C)C. The largest absolute Gasteiger partial charge is 0.416 e. The summed E-state index contributed by atoms with van der Waals surface area (Å²) >= 11 is 0. The normalized spacial score (nSPS) is 13.0. The van der Waals surface area contributed by atoms with Crippen LogP contribution in [0, 0.1) is 31.6 Å². The predicted molar refractivity (Wildman–Crippen MR) is 196 cm³/mol. The van der Waals surface area contributed by atoms with Gasteiger partial charge < -0.3 is 16.0 Å².